The fraction of sp³-hybridized carbons (Fsp3) is 0.348. The minimum absolute atomic E-state index is 0.187. The van der Waals surface area contributed by atoms with E-state index in [1.807, 2.05) is 12.1 Å². The van der Waals surface area contributed by atoms with Crippen LogP contribution in [0.25, 0.3) is 0 Å². The maximum Gasteiger partial charge on any atom is 0.163 e. The lowest BCUT2D eigenvalue weighted by molar-refractivity contribution is 0.418. The number of halogens is 2. The number of benzene rings is 1. The lowest BCUT2D eigenvalue weighted by Crippen LogP contribution is -2.15. The van der Waals surface area contributed by atoms with Gasteiger partial charge in [-0.05, 0) is 85.0 Å². The van der Waals surface area contributed by atoms with Crippen molar-refractivity contribution in [1.82, 2.24) is 20.4 Å². The summed E-state index contributed by atoms with van der Waals surface area (Å²) in [7, 11) is 0. The molecule has 2 heterocycles. The molecule has 0 spiro atoms. The lowest BCUT2D eigenvalue weighted by atomic mass is 9.80. The number of aromatic nitrogens is 4. The number of anilines is 1. The quantitative estimate of drug-likeness (QED) is 0.227. The summed E-state index contributed by atoms with van der Waals surface area (Å²) in [5.41, 5.74) is 6.43. The molecule has 178 valence electrons. The number of hydrogen-bond donors (Lipinski definition) is 4. The Morgan fingerprint density at radius 1 is 0.882 bits per heavy atom. The smallest absolute Gasteiger partial charge is 0.163 e. The van der Waals surface area contributed by atoms with Crippen LogP contribution in [0.5, 0.6) is 5.75 Å². The Kier molecular flexibility index (Phi) is 7.77. The summed E-state index contributed by atoms with van der Waals surface area (Å²) in [5.74, 6) is 12.5. The Hall–Kier alpha value is -3.01. The number of aromatic hydroxyl groups is 1. The molecular weight excluding hydrogens is 475 g/mol. The summed E-state index contributed by atoms with van der Waals surface area (Å²) in [4.78, 5) is 0. The summed E-state index contributed by atoms with van der Waals surface area (Å²) in [6, 6.07) is 10.4. The molecule has 2 aromatic heterocycles. The number of rotatable bonds is 5. The van der Waals surface area contributed by atoms with Crippen LogP contribution < -0.4 is 17.1 Å². The zero-order valence-corrected chi connectivity index (χ0v) is 20.0. The van der Waals surface area contributed by atoms with E-state index in [0.717, 1.165) is 29.5 Å². The second-order valence-corrected chi connectivity index (χ2v) is 9.09. The van der Waals surface area contributed by atoms with E-state index in [4.69, 9.17) is 34.9 Å². The van der Waals surface area contributed by atoms with Crippen molar-refractivity contribution in [2.45, 2.75) is 50.4 Å². The molecule has 0 amide bonds. The van der Waals surface area contributed by atoms with E-state index in [-0.39, 0.29) is 5.75 Å². The summed E-state index contributed by atoms with van der Waals surface area (Å²) >= 11 is 12.1. The van der Waals surface area contributed by atoms with Crippen molar-refractivity contribution in [1.29, 1.82) is 0 Å². The molecule has 0 saturated heterocycles. The van der Waals surface area contributed by atoms with Gasteiger partial charge in [0.1, 0.15) is 17.2 Å². The maximum atomic E-state index is 9.36. The zero-order valence-electron chi connectivity index (χ0n) is 18.5. The van der Waals surface area contributed by atoms with Crippen LogP contribution in [0.4, 0.5) is 5.82 Å². The fourth-order valence-corrected chi connectivity index (χ4v) is 4.38. The molecule has 6 N–H and O–H groups in total. The first-order valence-corrected chi connectivity index (χ1v) is 11.9. The Bertz CT molecular complexity index is 1160. The highest BCUT2D eigenvalue weighted by Crippen LogP contribution is 2.40. The monoisotopic (exact) mass is 500 g/mol. The van der Waals surface area contributed by atoms with Crippen molar-refractivity contribution in [3.8, 4) is 5.75 Å². The van der Waals surface area contributed by atoms with Crippen molar-refractivity contribution >= 4 is 34.7 Å². The standard InChI is InChI=1S/C15H15ClN4O.C8H11ClN4/c16-15-12(9-2-1-3-9)8-13(19-20-15)14(18-17)10-4-6-11(21)7-5-10;9-8-6(5-2-1-3-5)4-7(11-10)12-13-8/h4-9,21H,1-3,17H2;4-5H,1-3,10H2,(H,11,12)/b18-14+;. The summed E-state index contributed by atoms with van der Waals surface area (Å²) in [6.45, 7) is 0. The molecule has 0 atom stereocenters. The normalized spacial score (nSPS) is 16.1. The highest BCUT2D eigenvalue weighted by Gasteiger charge is 2.25. The number of nitrogens with one attached hydrogen (secondary N) is 1. The van der Waals surface area contributed by atoms with Crippen molar-refractivity contribution in [3.05, 3.63) is 69.1 Å². The van der Waals surface area contributed by atoms with Gasteiger partial charge in [0.25, 0.3) is 0 Å². The van der Waals surface area contributed by atoms with Gasteiger partial charge in [0.15, 0.2) is 16.1 Å². The largest absolute Gasteiger partial charge is 0.508 e. The van der Waals surface area contributed by atoms with Gasteiger partial charge in [-0.1, -0.05) is 36.0 Å². The predicted molar refractivity (Wildman–Crippen MR) is 133 cm³/mol. The Balaban J connectivity index is 0.000000180. The topological polar surface area (TPSA) is 148 Å². The van der Waals surface area contributed by atoms with Gasteiger partial charge >= 0.3 is 0 Å². The maximum absolute atomic E-state index is 9.36. The molecule has 2 fully saturated rings. The average Bonchev–Trinajstić information content (AvgIpc) is 2.77. The summed E-state index contributed by atoms with van der Waals surface area (Å²) in [6.07, 6.45) is 7.12. The second kappa shape index (κ2) is 10.9. The Morgan fingerprint density at radius 3 is 1.94 bits per heavy atom. The Labute approximate surface area is 207 Å². The number of hydrazone groups is 1. The molecule has 0 bridgehead atoms. The van der Waals surface area contributed by atoms with Crippen LogP contribution in [0.15, 0.2) is 41.5 Å². The Morgan fingerprint density at radius 2 is 1.44 bits per heavy atom. The van der Waals surface area contributed by atoms with E-state index in [1.165, 1.54) is 25.7 Å². The summed E-state index contributed by atoms with van der Waals surface area (Å²) < 4.78 is 0. The number of nitrogen functional groups attached to an aromatic ring is 1. The molecule has 2 saturated carbocycles. The van der Waals surface area contributed by atoms with Crippen LogP contribution in [0.1, 0.15) is 72.7 Å². The van der Waals surface area contributed by atoms with Crippen molar-refractivity contribution in [3.63, 3.8) is 0 Å². The molecule has 5 rings (SSSR count). The predicted octanol–water partition coefficient (Wildman–Crippen LogP) is 4.50. The van der Waals surface area contributed by atoms with Gasteiger partial charge < -0.3 is 16.4 Å². The molecule has 34 heavy (non-hydrogen) atoms. The molecule has 0 aliphatic heterocycles. The van der Waals surface area contributed by atoms with Crippen LogP contribution in [0, 0.1) is 0 Å². The van der Waals surface area contributed by atoms with Crippen LogP contribution in [-0.4, -0.2) is 31.2 Å². The highest BCUT2D eigenvalue weighted by molar-refractivity contribution is 6.30. The van der Waals surface area contributed by atoms with E-state index < -0.39 is 0 Å². The van der Waals surface area contributed by atoms with Crippen molar-refractivity contribution in [2.75, 3.05) is 5.43 Å². The van der Waals surface area contributed by atoms with Crippen LogP contribution in [0.2, 0.25) is 10.3 Å². The van der Waals surface area contributed by atoms with E-state index in [0.29, 0.717) is 39.4 Å². The number of hydrazine groups is 1. The number of phenolic OH excluding ortho intramolecular Hbond substituents is 1. The van der Waals surface area contributed by atoms with Crippen LogP contribution in [0.3, 0.4) is 0 Å². The molecule has 9 nitrogen and oxygen atoms in total. The first-order valence-electron chi connectivity index (χ1n) is 11.1. The molecule has 2 aliphatic rings. The van der Waals surface area contributed by atoms with Gasteiger partial charge in [0.05, 0.1) is 0 Å². The minimum atomic E-state index is 0.187. The molecule has 0 radical (unpaired) electrons. The third-order valence-electron chi connectivity index (χ3n) is 6.30. The first kappa shape index (κ1) is 24.1. The molecule has 1 aromatic carbocycles. The third-order valence-corrected chi connectivity index (χ3v) is 6.89. The van der Waals surface area contributed by atoms with Gasteiger partial charge in [-0.15, -0.1) is 20.4 Å². The van der Waals surface area contributed by atoms with Gasteiger partial charge in [0, 0.05) is 5.56 Å². The van der Waals surface area contributed by atoms with E-state index in [1.54, 1.807) is 24.3 Å². The zero-order chi connectivity index (χ0) is 24.1. The van der Waals surface area contributed by atoms with Crippen LogP contribution in [-0.2, 0) is 0 Å². The first-order chi connectivity index (χ1) is 16.5. The van der Waals surface area contributed by atoms with Crippen molar-refractivity contribution < 1.29 is 5.11 Å². The molecule has 3 aromatic rings. The van der Waals surface area contributed by atoms with Gasteiger partial charge in [0.2, 0.25) is 0 Å². The minimum Gasteiger partial charge on any atom is -0.508 e. The number of nitrogens with two attached hydrogens (primary N) is 2. The molecular formula is C23H26Cl2N8O. The number of phenols is 1. The molecule has 2 aliphatic carbocycles. The van der Waals surface area contributed by atoms with Gasteiger partial charge in [-0.25, -0.2) is 5.84 Å². The van der Waals surface area contributed by atoms with Crippen molar-refractivity contribution in [2.24, 2.45) is 16.8 Å². The van der Waals surface area contributed by atoms with E-state index in [9.17, 15) is 5.11 Å². The SMILES string of the molecule is N/N=C(\c1ccc(O)cc1)c1cc(C2CCC2)c(Cl)nn1.NNc1cc(C2CCC2)c(Cl)nn1. The second-order valence-electron chi connectivity index (χ2n) is 8.38. The molecule has 11 heteroatoms. The van der Waals surface area contributed by atoms with Gasteiger partial charge in [-0.2, -0.15) is 5.10 Å². The number of hydrogen-bond acceptors (Lipinski definition) is 9. The van der Waals surface area contributed by atoms with E-state index in [2.05, 4.69) is 30.9 Å². The lowest BCUT2D eigenvalue weighted by Gasteiger charge is -2.26. The van der Waals surface area contributed by atoms with Crippen LogP contribution >= 0.6 is 23.2 Å². The third kappa shape index (κ3) is 5.38. The van der Waals surface area contributed by atoms with E-state index >= 15 is 0 Å². The average molecular weight is 501 g/mol. The summed E-state index contributed by atoms with van der Waals surface area (Å²) in [5, 5.41) is 29.9. The number of nitrogens with zero attached hydrogens (tertiary/aromatic N) is 5. The van der Waals surface area contributed by atoms with Gasteiger partial charge in [-0.3, -0.25) is 0 Å². The fourth-order valence-electron chi connectivity index (χ4n) is 3.89. The molecule has 0 unspecified atom stereocenters. The highest BCUT2D eigenvalue weighted by atomic mass is 35.5.